The first-order chi connectivity index (χ1) is 10.9. The number of likely N-dealkylation sites (N-methyl/N-ethyl adjacent to an activating group) is 2. The maximum atomic E-state index is 12.1. The van der Waals surface area contributed by atoms with Gasteiger partial charge >= 0.3 is 6.03 Å². The summed E-state index contributed by atoms with van der Waals surface area (Å²) in [6.45, 7) is 2.95. The van der Waals surface area contributed by atoms with Gasteiger partial charge in [-0.25, -0.2) is 4.79 Å². The molecule has 0 aliphatic rings. The van der Waals surface area contributed by atoms with Gasteiger partial charge in [0.05, 0.1) is 0 Å². The molecule has 124 valence electrons. The molecule has 0 radical (unpaired) electrons. The van der Waals surface area contributed by atoms with Crippen molar-refractivity contribution in [1.29, 1.82) is 0 Å². The Hall–Kier alpha value is -2.50. The summed E-state index contributed by atoms with van der Waals surface area (Å²) in [6, 6.07) is 9.42. The second-order valence-electron chi connectivity index (χ2n) is 5.89. The third-order valence-electron chi connectivity index (χ3n) is 3.85. The van der Waals surface area contributed by atoms with Gasteiger partial charge in [0.25, 0.3) is 0 Å². The summed E-state index contributed by atoms with van der Waals surface area (Å²) >= 11 is 0. The molecule has 3 amide bonds. The van der Waals surface area contributed by atoms with E-state index < -0.39 is 6.04 Å². The average Bonchev–Trinajstić information content (AvgIpc) is 2.94. The number of nitrogens with one attached hydrogen (secondary N) is 1. The molecule has 0 spiro atoms. The summed E-state index contributed by atoms with van der Waals surface area (Å²) < 4.78 is 2.12. The molecule has 0 aliphatic heterocycles. The van der Waals surface area contributed by atoms with E-state index in [-0.39, 0.29) is 11.9 Å². The van der Waals surface area contributed by atoms with Gasteiger partial charge in [-0.15, -0.1) is 0 Å². The van der Waals surface area contributed by atoms with E-state index >= 15 is 0 Å². The molecule has 1 N–H and O–H groups in total. The maximum Gasteiger partial charge on any atom is 0.317 e. The Kier molecular flexibility index (Phi) is 5.26. The second-order valence-corrected chi connectivity index (χ2v) is 5.89. The van der Waals surface area contributed by atoms with Gasteiger partial charge in [0.2, 0.25) is 5.91 Å². The summed E-state index contributed by atoms with van der Waals surface area (Å²) in [5, 5.41) is 3.90. The van der Waals surface area contributed by atoms with Crippen LogP contribution in [0.1, 0.15) is 6.92 Å². The van der Waals surface area contributed by atoms with Gasteiger partial charge < -0.3 is 19.7 Å². The fourth-order valence-corrected chi connectivity index (χ4v) is 2.44. The zero-order valence-corrected chi connectivity index (χ0v) is 14.1. The van der Waals surface area contributed by atoms with Gasteiger partial charge in [0.15, 0.2) is 0 Å². The van der Waals surface area contributed by atoms with Crippen LogP contribution in [0.25, 0.3) is 10.9 Å². The number of nitrogens with zero attached hydrogens (tertiary/aromatic N) is 3. The van der Waals surface area contributed by atoms with Gasteiger partial charge in [0, 0.05) is 45.9 Å². The molecule has 0 bridgehead atoms. The van der Waals surface area contributed by atoms with E-state index in [1.807, 2.05) is 18.3 Å². The zero-order chi connectivity index (χ0) is 17.0. The highest BCUT2D eigenvalue weighted by Crippen LogP contribution is 2.14. The van der Waals surface area contributed by atoms with Crippen molar-refractivity contribution in [2.45, 2.75) is 19.5 Å². The predicted octanol–water partition coefficient (Wildman–Crippen LogP) is 1.76. The number of rotatable bonds is 5. The van der Waals surface area contributed by atoms with Crippen molar-refractivity contribution in [2.75, 3.05) is 27.7 Å². The number of carbonyl (C=O) groups is 2. The highest BCUT2D eigenvalue weighted by molar-refractivity contribution is 5.86. The number of aromatic nitrogens is 1. The minimum atomic E-state index is -0.535. The van der Waals surface area contributed by atoms with Crippen molar-refractivity contribution in [3.8, 4) is 0 Å². The molecule has 1 atom stereocenters. The average molecular weight is 316 g/mol. The molecule has 2 aromatic rings. The third kappa shape index (κ3) is 4.03. The lowest BCUT2D eigenvalue weighted by molar-refractivity contribution is -0.130. The molecule has 0 unspecified atom stereocenters. The van der Waals surface area contributed by atoms with Crippen LogP contribution in [0.5, 0.6) is 0 Å². The predicted molar refractivity (Wildman–Crippen MR) is 91.3 cm³/mol. The van der Waals surface area contributed by atoms with Crippen LogP contribution in [0.15, 0.2) is 36.5 Å². The van der Waals surface area contributed by atoms with Crippen molar-refractivity contribution in [3.63, 3.8) is 0 Å². The second kappa shape index (κ2) is 7.17. The normalized spacial score (nSPS) is 12.0. The van der Waals surface area contributed by atoms with Gasteiger partial charge in [-0.05, 0) is 24.4 Å². The van der Waals surface area contributed by atoms with Crippen molar-refractivity contribution >= 4 is 22.8 Å². The minimum Gasteiger partial charge on any atom is -0.347 e. The molecule has 0 fully saturated rings. The van der Waals surface area contributed by atoms with Gasteiger partial charge in [-0.1, -0.05) is 18.2 Å². The van der Waals surface area contributed by atoms with Crippen LogP contribution in [0.4, 0.5) is 4.79 Å². The first-order valence-corrected chi connectivity index (χ1v) is 7.67. The summed E-state index contributed by atoms with van der Waals surface area (Å²) in [7, 11) is 5.07. The number of hydrogen-bond donors (Lipinski definition) is 1. The Bertz CT molecular complexity index is 693. The molecule has 0 saturated carbocycles. The quantitative estimate of drug-likeness (QED) is 0.914. The Morgan fingerprint density at radius 1 is 1.17 bits per heavy atom. The number of benzene rings is 1. The Labute approximate surface area is 136 Å². The van der Waals surface area contributed by atoms with Crippen LogP contribution in [0.2, 0.25) is 0 Å². The van der Waals surface area contributed by atoms with Gasteiger partial charge in [0.1, 0.15) is 6.04 Å². The molecule has 1 aromatic heterocycles. The summed E-state index contributed by atoms with van der Waals surface area (Å²) in [5.41, 5.74) is 1.15. The van der Waals surface area contributed by atoms with Crippen molar-refractivity contribution in [3.05, 3.63) is 36.5 Å². The zero-order valence-electron chi connectivity index (χ0n) is 14.1. The van der Waals surface area contributed by atoms with Crippen molar-refractivity contribution in [2.24, 2.45) is 0 Å². The highest BCUT2D eigenvalue weighted by atomic mass is 16.2. The third-order valence-corrected chi connectivity index (χ3v) is 3.85. The molecule has 2 rings (SSSR count). The lowest BCUT2D eigenvalue weighted by Gasteiger charge is -2.23. The van der Waals surface area contributed by atoms with E-state index in [0.717, 1.165) is 5.52 Å². The number of carbonyl (C=O) groups excluding carboxylic acids is 2. The molecule has 23 heavy (non-hydrogen) atoms. The van der Waals surface area contributed by atoms with E-state index in [9.17, 15) is 9.59 Å². The van der Waals surface area contributed by atoms with Gasteiger partial charge in [-0.3, -0.25) is 4.79 Å². The summed E-state index contributed by atoms with van der Waals surface area (Å²) in [4.78, 5) is 27.0. The summed E-state index contributed by atoms with van der Waals surface area (Å²) in [5.74, 6) is -0.122. The maximum absolute atomic E-state index is 12.1. The Morgan fingerprint density at radius 3 is 2.57 bits per heavy atom. The molecule has 6 heteroatoms. The first kappa shape index (κ1) is 16.9. The fourth-order valence-electron chi connectivity index (χ4n) is 2.44. The smallest absolute Gasteiger partial charge is 0.317 e. The lowest BCUT2D eigenvalue weighted by atomic mass is 10.2. The molecular formula is C17H24N4O2. The standard InChI is InChI=1S/C17H24N4O2/c1-13(16(22)19(2)3)18-17(23)20(4)11-12-21-10-9-14-7-5-6-8-15(14)21/h5-10,13H,11-12H2,1-4H3,(H,18,23)/t13-/m1/s1. The topological polar surface area (TPSA) is 57.6 Å². The van der Waals surface area contributed by atoms with E-state index in [2.05, 4.69) is 28.1 Å². The van der Waals surface area contributed by atoms with Crippen LogP contribution in [-0.4, -0.2) is 60.0 Å². The van der Waals surface area contributed by atoms with Crippen LogP contribution < -0.4 is 5.32 Å². The van der Waals surface area contributed by atoms with Crippen molar-refractivity contribution < 1.29 is 9.59 Å². The van der Waals surface area contributed by atoms with Crippen molar-refractivity contribution in [1.82, 2.24) is 19.7 Å². The van der Waals surface area contributed by atoms with E-state index in [1.54, 1.807) is 33.0 Å². The largest absolute Gasteiger partial charge is 0.347 e. The molecule has 1 aromatic carbocycles. The van der Waals surface area contributed by atoms with Crippen LogP contribution in [0, 0.1) is 0 Å². The van der Waals surface area contributed by atoms with Crippen LogP contribution in [-0.2, 0) is 11.3 Å². The minimum absolute atomic E-state index is 0.122. The van der Waals surface area contributed by atoms with Gasteiger partial charge in [-0.2, -0.15) is 0 Å². The molecule has 6 nitrogen and oxygen atoms in total. The number of urea groups is 1. The number of hydrogen-bond acceptors (Lipinski definition) is 2. The van der Waals surface area contributed by atoms with E-state index in [1.165, 1.54) is 10.3 Å². The first-order valence-electron chi connectivity index (χ1n) is 7.67. The lowest BCUT2D eigenvalue weighted by Crippen LogP contribution is -2.49. The van der Waals surface area contributed by atoms with E-state index in [0.29, 0.717) is 13.1 Å². The van der Waals surface area contributed by atoms with E-state index in [4.69, 9.17) is 0 Å². The molecule has 0 saturated heterocycles. The Morgan fingerprint density at radius 2 is 1.87 bits per heavy atom. The molecular weight excluding hydrogens is 292 g/mol. The molecule has 0 aliphatic carbocycles. The Balaban J connectivity index is 1.90. The number of para-hydroxylation sites is 1. The number of fused-ring (bicyclic) bond motifs is 1. The molecule has 1 heterocycles. The highest BCUT2D eigenvalue weighted by Gasteiger charge is 2.19. The SMILES string of the molecule is C[C@@H](NC(=O)N(C)CCn1ccc2ccccc21)C(=O)N(C)C. The fraction of sp³-hybridized carbons (Fsp3) is 0.412. The summed E-state index contributed by atoms with van der Waals surface area (Å²) in [6.07, 6.45) is 2.02. The monoisotopic (exact) mass is 316 g/mol. The van der Waals surface area contributed by atoms with Crippen LogP contribution in [0.3, 0.4) is 0 Å². The number of amides is 3. The van der Waals surface area contributed by atoms with Crippen LogP contribution >= 0.6 is 0 Å².